The molecular formula is C15H24N2O. The molecule has 0 saturated carbocycles. The molecule has 2 N–H and O–H groups in total. The van der Waals surface area contributed by atoms with Crippen molar-refractivity contribution in [2.45, 2.75) is 33.1 Å². The molecular weight excluding hydrogens is 224 g/mol. The zero-order chi connectivity index (χ0) is 13.2. The van der Waals surface area contributed by atoms with Gasteiger partial charge in [-0.15, -0.1) is 0 Å². The van der Waals surface area contributed by atoms with Crippen LogP contribution in [0.5, 0.6) is 0 Å². The highest BCUT2D eigenvalue weighted by Crippen LogP contribution is 2.06. The normalized spacial score (nSPS) is 10.3. The second-order valence-corrected chi connectivity index (χ2v) is 4.59. The molecule has 1 rings (SSSR count). The maximum absolute atomic E-state index is 11.6. The van der Waals surface area contributed by atoms with Gasteiger partial charge in [0.2, 0.25) is 5.91 Å². The zero-order valence-corrected chi connectivity index (χ0v) is 11.5. The molecule has 0 saturated heterocycles. The largest absolute Gasteiger partial charge is 0.355 e. The molecule has 1 aromatic rings. The average Bonchev–Trinajstić information content (AvgIpc) is 2.36. The quantitative estimate of drug-likeness (QED) is 0.691. The highest BCUT2D eigenvalue weighted by atomic mass is 16.1. The van der Waals surface area contributed by atoms with Crippen LogP contribution >= 0.6 is 0 Å². The second kappa shape index (κ2) is 8.70. The van der Waals surface area contributed by atoms with E-state index in [1.165, 1.54) is 11.1 Å². The van der Waals surface area contributed by atoms with Crippen molar-refractivity contribution < 1.29 is 4.79 Å². The molecule has 0 fully saturated rings. The molecule has 0 aliphatic heterocycles. The molecule has 0 heterocycles. The Bertz CT molecular complexity index is 363. The first-order valence-electron chi connectivity index (χ1n) is 6.75. The fourth-order valence-electron chi connectivity index (χ4n) is 1.81. The van der Waals surface area contributed by atoms with Gasteiger partial charge in [0, 0.05) is 19.5 Å². The Hall–Kier alpha value is -1.35. The summed E-state index contributed by atoms with van der Waals surface area (Å²) in [5.74, 6) is 0.134. The fourth-order valence-corrected chi connectivity index (χ4v) is 1.81. The summed E-state index contributed by atoms with van der Waals surface area (Å²) in [5.41, 5.74) is 2.48. The highest BCUT2D eigenvalue weighted by Gasteiger charge is 2.01. The first-order valence-corrected chi connectivity index (χ1v) is 6.75. The van der Waals surface area contributed by atoms with Crippen molar-refractivity contribution in [1.82, 2.24) is 10.6 Å². The van der Waals surface area contributed by atoms with E-state index < -0.39 is 0 Å². The Morgan fingerprint density at radius 2 is 2.06 bits per heavy atom. The lowest BCUT2D eigenvalue weighted by Gasteiger charge is -2.06. The van der Waals surface area contributed by atoms with Crippen molar-refractivity contribution in [3.63, 3.8) is 0 Å². The summed E-state index contributed by atoms with van der Waals surface area (Å²) in [7, 11) is 0. The van der Waals surface area contributed by atoms with E-state index in [-0.39, 0.29) is 5.91 Å². The number of carbonyl (C=O) groups excluding carboxylic acids is 1. The Kier molecular flexibility index (Phi) is 7.11. The molecule has 3 nitrogen and oxygen atoms in total. The van der Waals surface area contributed by atoms with Gasteiger partial charge in [-0.25, -0.2) is 0 Å². The monoisotopic (exact) mass is 248 g/mol. The van der Waals surface area contributed by atoms with Crippen LogP contribution in [0, 0.1) is 6.92 Å². The molecule has 0 aliphatic rings. The lowest BCUT2D eigenvalue weighted by Crippen LogP contribution is -2.32. The fraction of sp³-hybridized carbons (Fsp3) is 0.533. The molecule has 0 aliphatic carbocycles. The van der Waals surface area contributed by atoms with Crippen molar-refractivity contribution >= 4 is 5.91 Å². The number of benzene rings is 1. The van der Waals surface area contributed by atoms with Crippen molar-refractivity contribution in [1.29, 1.82) is 0 Å². The predicted molar refractivity (Wildman–Crippen MR) is 75.7 cm³/mol. The van der Waals surface area contributed by atoms with Gasteiger partial charge in [-0.2, -0.15) is 0 Å². The number of aryl methyl sites for hydroxylation is 2. The summed E-state index contributed by atoms with van der Waals surface area (Å²) >= 11 is 0. The summed E-state index contributed by atoms with van der Waals surface area (Å²) in [5, 5.41) is 6.18. The average molecular weight is 248 g/mol. The van der Waals surface area contributed by atoms with Crippen LogP contribution in [0.4, 0.5) is 0 Å². The first-order chi connectivity index (χ1) is 8.72. The maximum Gasteiger partial charge on any atom is 0.220 e. The van der Waals surface area contributed by atoms with Gasteiger partial charge in [-0.1, -0.05) is 36.8 Å². The molecule has 1 aromatic carbocycles. The van der Waals surface area contributed by atoms with Crippen molar-refractivity contribution in [2.75, 3.05) is 19.6 Å². The van der Waals surface area contributed by atoms with E-state index in [1.54, 1.807) is 0 Å². The van der Waals surface area contributed by atoms with Crippen LogP contribution in [0.1, 0.15) is 30.9 Å². The summed E-state index contributed by atoms with van der Waals surface area (Å²) in [6.07, 6.45) is 2.51. The van der Waals surface area contributed by atoms with Gasteiger partial charge in [0.15, 0.2) is 0 Å². The minimum atomic E-state index is 0.134. The van der Waals surface area contributed by atoms with Gasteiger partial charge in [0.25, 0.3) is 0 Å². The third kappa shape index (κ3) is 6.40. The zero-order valence-electron chi connectivity index (χ0n) is 11.5. The molecule has 0 unspecified atom stereocenters. The first kappa shape index (κ1) is 14.7. The van der Waals surface area contributed by atoms with E-state index in [0.717, 1.165) is 25.9 Å². The van der Waals surface area contributed by atoms with Crippen LogP contribution in [-0.4, -0.2) is 25.5 Å². The van der Waals surface area contributed by atoms with Gasteiger partial charge >= 0.3 is 0 Å². The molecule has 18 heavy (non-hydrogen) atoms. The summed E-state index contributed by atoms with van der Waals surface area (Å²) < 4.78 is 0. The summed E-state index contributed by atoms with van der Waals surface area (Å²) in [4.78, 5) is 11.6. The molecule has 1 amide bonds. The maximum atomic E-state index is 11.6. The molecule has 0 aromatic heterocycles. The van der Waals surface area contributed by atoms with E-state index in [1.807, 2.05) is 6.07 Å². The lowest BCUT2D eigenvalue weighted by atomic mass is 10.1. The minimum Gasteiger partial charge on any atom is -0.355 e. The number of hydrogen-bond acceptors (Lipinski definition) is 2. The number of rotatable bonds is 8. The Balaban J connectivity index is 2.13. The third-order valence-corrected chi connectivity index (χ3v) is 2.77. The van der Waals surface area contributed by atoms with Crippen LogP contribution in [0.3, 0.4) is 0 Å². The van der Waals surface area contributed by atoms with Gasteiger partial charge in [0.1, 0.15) is 0 Å². The van der Waals surface area contributed by atoms with Crippen molar-refractivity contribution in [3.05, 3.63) is 35.4 Å². The minimum absolute atomic E-state index is 0.134. The van der Waals surface area contributed by atoms with Crippen LogP contribution in [0.2, 0.25) is 0 Å². The predicted octanol–water partition coefficient (Wildman–Crippen LogP) is 2.04. The standard InChI is InChI=1S/C15H24N2O/c1-3-9-16-10-11-17-15(18)8-7-14-6-4-5-13(2)12-14/h4-6,12,16H,3,7-11H2,1-2H3,(H,17,18). The summed E-state index contributed by atoms with van der Waals surface area (Å²) in [6, 6.07) is 8.32. The Morgan fingerprint density at radius 1 is 1.22 bits per heavy atom. The highest BCUT2D eigenvalue weighted by molar-refractivity contribution is 5.76. The molecule has 0 atom stereocenters. The Morgan fingerprint density at radius 3 is 2.78 bits per heavy atom. The number of carbonyl (C=O) groups is 1. The van der Waals surface area contributed by atoms with E-state index in [2.05, 4.69) is 42.7 Å². The lowest BCUT2D eigenvalue weighted by molar-refractivity contribution is -0.121. The van der Waals surface area contributed by atoms with E-state index >= 15 is 0 Å². The van der Waals surface area contributed by atoms with Crippen LogP contribution in [0.15, 0.2) is 24.3 Å². The van der Waals surface area contributed by atoms with Gasteiger partial charge in [-0.3, -0.25) is 4.79 Å². The van der Waals surface area contributed by atoms with Gasteiger partial charge in [-0.05, 0) is 31.9 Å². The van der Waals surface area contributed by atoms with Crippen molar-refractivity contribution in [3.8, 4) is 0 Å². The smallest absolute Gasteiger partial charge is 0.220 e. The van der Waals surface area contributed by atoms with Crippen LogP contribution in [0.25, 0.3) is 0 Å². The summed E-state index contributed by atoms with van der Waals surface area (Å²) in [6.45, 7) is 6.78. The van der Waals surface area contributed by atoms with Crippen LogP contribution in [-0.2, 0) is 11.2 Å². The van der Waals surface area contributed by atoms with Crippen LogP contribution < -0.4 is 10.6 Å². The van der Waals surface area contributed by atoms with E-state index in [9.17, 15) is 4.79 Å². The number of hydrogen-bond donors (Lipinski definition) is 2. The van der Waals surface area contributed by atoms with E-state index in [0.29, 0.717) is 13.0 Å². The Labute approximate surface area is 110 Å². The number of nitrogens with one attached hydrogen (secondary N) is 2. The molecule has 0 spiro atoms. The second-order valence-electron chi connectivity index (χ2n) is 4.59. The SMILES string of the molecule is CCCNCCNC(=O)CCc1cccc(C)c1. The molecule has 3 heteroatoms. The van der Waals surface area contributed by atoms with E-state index in [4.69, 9.17) is 0 Å². The van der Waals surface area contributed by atoms with Gasteiger partial charge < -0.3 is 10.6 Å². The van der Waals surface area contributed by atoms with Gasteiger partial charge in [0.05, 0.1) is 0 Å². The molecule has 100 valence electrons. The molecule has 0 radical (unpaired) electrons. The third-order valence-electron chi connectivity index (χ3n) is 2.77. The molecule has 0 bridgehead atoms. The van der Waals surface area contributed by atoms with Crippen molar-refractivity contribution in [2.24, 2.45) is 0 Å². The number of amides is 1. The topological polar surface area (TPSA) is 41.1 Å².